The van der Waals surface area contributed by atoms with Gasteiger partial charge in [0, 0.05) is 5.38 Å². The molecule has 0 radical (unpaired) electrons. The number of aromatic nitrogens is 1. The van der Waals surface area contributed by atoms with Crippen LogP contribution in [0.25, 0.3) is 0 Å². The van der Waals surface area contributed by atoms with Crippen LogP contribution < -0.4 is 5.32 Å². The van der Waals surface area contributed by atoms with Gasteiger partial charge in [-0.3, -0.25) is 14.2 Å². The van der Waals surface area contributed by atoms with Gasteiger partial charge in [0.05, 0.1) is 31.2 Å². The molecule has 0 saturated carbocycles. The second kappa shape index (κ2) is 11.1. The Labute approximate surface area is 159 Å². The molecule has 1 atom stereocenters. The number of nitrogens with zero attached hydrogens (tertiary/aromatic N) is 1. The molecule has 8 nitrogen and oxygen atoms in total. The molecule has 1 heterocycles. The second-order valence-electron chi connectivity index (χ2n) is 4.48. The van der Waals surface area contributed by atoms with E-state index in [1.165, 1.54) is 0 Å². The van der Waals surface area contributed by atoms with Crippen LogP contribution in [0.1, 0.15) is 19.5 Å². The van der Waals surface area contributed by atoms with Crippen LogP contribution in [0.4, 0.5) is 5.13 Å². The van der Waals surface area contributed by atoms with Crippen LogP contribution in [0.15, 0.2) is 5.38 Å². The minimum atomic E-state index is -3.67. The number of anilines is 1. The van der Waals surface area contributed by atoms with Gasteiger partial charge in [-0.15, -0.1) is 34.5 Å². The Morgan fingerprint density at radius 1 is 1.32 bits per heavy atom. The van der Waals surface area contributed by atoms with E-state index in [0.29, 0.717) is 10.8 Å². The number of nitrogens with one attached hydrogen (secondary N) is 1. The van der Waals surface area contributed by atoms with Gasteiger partial charge in [0.2, 0.25) is 11.8 Å². The van der Waals surface area contributed by atoms with Crippen molar-refractivity contribution in [2.75, 3.05) is 30.3 Å². The van der Waals surface area contributed by atoms with Gasteiger partial charge in [0.15, 0.2) is 5.13 Å². The van der Waals surface area contributed by atoms with Crippen molar-refractivity contribution in [1.82, 2.24) is 4.98 Å². The number of esters is 1. The molecule has 12 heteroatoms. The van der Waals surface area contributed by atoms with Crippen LogP contribution in [0.5, 0.6) is 0 Å². The molecular formula is C13H19Cl2N2O6PS. The zero-order chi connectivity index (χ0) is 18.9. The van der Waals surface area contributed by atoms with Gasteiger partial charge in [-0.25, -0.2) is 4.98 Å². The fourth-order valence-corrected chi connectivity index (χ4v) is 4.59. The van der Waals surface area contributed by atoms with E-state index in [1.807, 2.05) is 0 Å². The van der Waals surface area contributed by atoms with E-state index in [4.69, 9.17) is 37.0 Å². The summed E-state index contributed by atoms with van der Waals surface area (Å²) in [5, 5.41) is 4.38. The number of amides is 1. The summed E-state index contributed by atoms with van der Waals surface area (Å²) in [4.78, 5) is 27.3. The third kappa shape index (κ3) is 7.21. The maximum absolute atomic E-state index is 12.6. The van der Waals surface area contributed by atoms with Gasteiger partial charge < -0.3 is 19.1 Å². The van der Waals surface area contributed by atoms with Gasteiger partial charge in [-0.05, 0) is 13.8 Å². The average molecular weight is 433 g/mol. The number of carbonyl (C=O) groups is 2. The first kappa shape index (κ1) is 22.3. The van der Waals surface area contributed by atoms with E-state index in [0.717, 1.165) is 11.3 Å². The molecule has 1 N–H and O–H groups in total. The van der Waals surface area contributed by atoms with Gasteiger partial charge in [0.1, 0.15) is 5.88 Å². The average Bonchev–Trinajstić information content (AvgIpc) is 2.99. The summed E-state index contributed by atoms with van der Waals surface area (Å²) in [6, 6.07) is 0. The summed E-state index contributed by atoms with van der Waals surface area (Å²) in [5.74, 6) is -2.74. The Morgan fingerprint density at radius 2 is 1.96 bits per heavy atom. The summed E-state index contributed by atoms with van der Waals surface area (Å²) in [6.07, 6.45) is -0.182. The minimum absolute atomic E-state index is 0.123. The first-order chi connectivity index (χ1) is 11.9. The quantitative estimate of drug-likeness (QED) is 0.325. The molecule has 142 valence electrons. The van der Waals surface area contributed by atoms with E-state index < -0.39 is 25.3 Å². The van der Waals surface area contributed by atoms with E-state index >= 15 is 0 Å². The minimum Gasteiger partial charge on any atom is -0.448 e. The molecule has 1 rings (SSSR count). The summed E-state index contributed by atoms with van der Waals surface area (Å²) < 4.78 is 28.0. The number of carbonyl (C=O) groups excluding carboxylic acids is 2. The van der Waals surface area contributed by atoms with Gasteiger partial charge in [-0.2, -0.15) is 0 Å². The Morgan fingerprint density at radius 3 is 2.48 bits per heavy atom. The first-order valence-electron chi connectivity index (χ1n) is 7.32. The van der Waals surface area contributed by atoms with E-state index in [1.54, 1.807) is 19.2 Å². The molecule has 1 amide bonds. The number of hydrogen-bond donors (Lipinski definition) is 1. The lowest BCUT2D eigenvalue weighted by Gasteiger charge is -2.24. The molecular weight excluding hydrogens is 414 g/mol. The predicted molar refractivity (Wildman–Crippen MR) is 96.6 cm³/mol. The van der Waals surface area contributed by atoms with Crippen molar-refractivity contribution < 1.29 is 27.9 Å². The molecule has 0 fully saturated rings. The normalized spacial score (nSPS) is 12.6. The molecule has 1 aromatic rings. The van der Waals surface area contributed by atoms with Gasteiger partial charge >= 0.3 is 13.6 Å². The van der Waals surface area contributed by atoms with Crippen LogP contribution in [-0.4, -0.2) is 47.7 Å². The van der Waals surface area contributed by atoms with Crippen molar-refractivity contribution in [3.05, 3.63) is 11.1 Å². The smallest absolute Gasteiger partial charge is 0.372 e. The van der Waals surface area contributed by atoms with Gasteiger partial charge in [0.25, 0.3) is 0 Å². The van der Waals surface area contributed by atoms with Crippen molar-refractivity contribution >= 4 is 59.1 Å². The van der Waals surface area contributed by atoms with Gasteiger partial charge in [-0.1, -0.05) is 0 Å². The number of rotatable bonds is 11. The van der Waals surface area contributed by atoms with Crippen LogP contribution in [0.3, 0.4) is 0 Å². The highest BCUT2D eigenvalue weighted by molar-refractivity contribution is 7.54. The molecule has 0 spiro atoms. The van der Waals surface area contributed by atoms with Crippen molar-refractivity contribution in [2.45, 2.75) is 26.1 Å². The molecule has 0 bridgehead atoms. The first-order valence-corrected chi connectivity index (χ1v) is 10.9. The lowest BCUT2D eigenvalue weighted by atomic mass is 10.3. The van der Waals surface area contributed by atoms with Crippen LogP contribution in [-0.2, 0) is 34.4 Å². The molecule has 0 aliphatic rings. The number of alkyl halides is 2. The Hall–Kier alpha value is -0.700. The van der Waals surface area contributed by atoms with Crippen molar-refractivity contribution in [3.63, 3.8) is 0 Å². The second-order valence-corrected chi connectivity index (χ2v) is 8.08. The molecule has 0 aliphatic carbocycles. The highest BCUT2D eigenvalue weighted by Gasteiger charge is 2.38. The highest BCUT2D eigenvalue weighted by atomic mass is 35.5. The van der Waals surface area contributed by atoms with Crippen LogP contribution >= 0.6 is 42.1 Å². The predicted octanol–water partition coefficient (Wildman–Crippen LogP) is 3.24. The standard InChI is InChI=1S/C13H19Cl2N2O6PS/c1-3-21-24(20,22-4-2)12(7-15)23-11(19)5-9-8-25-13(16-9)17-10(18)6-14/h8,12H,3-7H2,1-2H3,(H,16,17,18). The zero-order valence-corrected chi connectivity index (χ0v) is 16.9. The van der Waals surface area contributed by atoms with Crippen molar-refractivity contribution in [3.8, 4) is 0 Å². The zero-order valence-electron chi connectivity index (χ0n) is 13.7. The summed E-state index contributed by atoms with van der Waals surface area (Å²) in [6.45, 7) is 3.53. The fraction of sp³-hybridized carbons (Fsp3) is 0.615. The molecule has 0 saturated heterocycles. The Bertz CT molecular complexity index is 619. The Kier molecular flexibility index (Phi) is 9.92. The number of hydrogen-bond acceptors (Lipinski definition) is 8. The lowest BCUT2D eigenvalue weighted by Crippen LogP contribution is -2.24. The van der Waals surface area contributed by atoms with E-state index in [9.17, 15) is 14.2 Å². The topological polar surface area (TPSA) is 104 Å². The summed E-state index contributed by atoms with van der Waals surface area (Å²) in [7, 11) is -3.67. The highest BCUT2D eigenvalue weighted by Crippen LogP contribution is 2.53. The third-order valence-corrected chi connectivity index (χ3v) is 6.39. The van der Waals surface area contributed by atoms with E-state index in [2.05, 4.69) is 10.3 Å². The maximum atomic E-state index is 12.6. The molecule has 25 heavy (non-hydrogen) atoms. The van der Waals surface area contributed by atoms with Crippen LogP contribution in [0, 0.1) is 0 Å². The fourth-order valence-electron chi connectivity index (χ4n) is 1.68. The third-order valence-electron chi connectivity index (χ3n) is 2.62. The number of thiazole rings is 1. The molecule has 1 unspecified atom stereocenters. The summed E-state index contributed by atoms with van der Waals surface area (Å²) >= 11 is 12.3. The van der Waals surface area contributed by atoms with Crippen molar-refractivity contribution in [2.24, 2.45) is 0 Å². The molecule has 0 aliphatic heterocycles. The Balaban J connectivity index is 2.70. The molecule has 1 aromatic heterocycles. The number of ether oxygens (including phenoxy) is 1. The van der Waals surface area contributed by atoms with Crippen molar-refractivity contribution in [1.29, 1.82) is 0 Å². The lowest BCUT2D eigenvalue weighted by molar-refractivity contribution is -0.144. The van der Waals surface area contributed by atoms with E-state index in [-0.39, 0.29) is 31.4 Å². The number of halogens is 2. The molecule has 0 aromatic carbocycles. The summed E-state index contributed by atoms with van der Waals surface area (Å²) in [5.41, 5.74) is 0.385. The van der Waals surface area contributed by atoms with Crippen LogP contribution in [0.2, 0.25) is 0 Å². The monoisotopic (exact) mass is 432 g/mol. The SMILES string of the molecule is CCOP(=O)(OCC)C(CCl)OC(=O)Cc1csc(NC(=O)CCl)n1. The largest absolute Gasteiger partial charge is 0.448 e. The maximum Gasteiger partial charge on any atom is 0.372 e.